The van der Waals surface area contributed by atoms with Crippen molar-refractivity contribution in [2.75, 3.05) is 0 Å². The van der Waals surface area contributed by atoms with Crippen LogP contribution in [0.15, 0.2) is 41.2 Å². The van der Waals surface area contributed by atoms with Crippen LogP contribution in [0.25, 0.3) is 11.1 Å². The lowest BCUT2D eigenvalue weighted by atomic mass is 9.97. The van der Waals surface area contributed by atoms with Gasteiger partial charge in [0.15, 0.2) is 5.82 Å². The summed E-state index contributed by atoms with van der Waals surface area (Å²) in [6.07, 6.45) is 3.56. The molecule has 1 aromatic carbocycles. The van der Waals surface area contributed by atoms with E-state index in [0.717, 1.165) is 16.7 Å². The van der Waals surface area contributed by atoms with Gasteiger partial charge in [-0.25, -0.2) is 0 Å². The molecule has 0 unspecified atom stereocenters. The van der Waals surface area contributed by atoms with Crippen LogP contribution in [0, 0.1) is 0 Å². The molecule has 3 aromatic rings. The molecule has 1 aliphatic rings. The fourth-order valence-corrected chi connectivity index (χ4v) is 2.80. The molecule has 0 saturated heterocycles. The average Bonchev–Trinajstić information content (AvgIpc) is 3.15. The number of aromatic nitrogens is 3. The first kappa shape index (κ1) is 16.3. The molecule has 0 saturated carbocycles. The first-order chi connectivity index (χ1) is 12.6. The number of hydrogen-bond donors (Lipinski definition) is 1. The van der Waals surface area contributed by atoms with E-state index in [1.54, 1.807) is 24.5 Å². The van der Waals surface area contributed by atoms with E-state index < -0.39 is 0 Å². The molecular formula is C19H18N4O3. The number of benzene rings is 1. The van der Waals surface area contributed by atoms with Crippen molar-refractivity contribution in [3.05, 3.63) is 59.5 Å². The molecule has 132 valence electrons. The van der Waals surface area contributed by atoms with Crippen molar-refractivity contribution in [2.45, 2.75) is 32.9 Å². The SMILES string of the molecule is CC(C)c1nc(CNC(=O)c2ccc3c(c2)OCc2cnccc2-3)no1. The first-order valence-electron chi connectivity index (χ1n) is 8.42. The highest BCUT2D eigenvalue weighted by Crippen LogP contribution is 2.37. The van der Waals surface area contributed by atoms with Gasteiger partial charge in [0, 0.05) is 35.0 Å². The maximum Gasteiger partial charge on any atom is 0.251 e. The molecule has 3 heterocycles. The lowest BCUT2D eigenvalue weighted by Gasteiger charge is -2.20. The Morgan fingerprint density at radius 2 is 2.15 bits per heavy atom. The Hall–Kier alpha value is -3.22. The normalized spacial score (nSPS) is 12.3. The van der Waals surface area contributed by atoms with Crippen LogP contribution in [0.5, 0.6) is 5.75 Å². The number of hydrogen-bond acceptors (Lipinski definition) is 6. The van der Waals surface area contributed by atoms with Gasteiger partial charge in [0.05, 0.1) is 6.54 Å². The Morgan fingerprint density at radius 1 is 1.27 bits per heavy atom. The van der Waals surface area contributed by atoms with Gasteiger partial charge in [0.2, 0.25) is 5.89 Å². The second kappa shape index (κ2) is 6.59. The maximum absolute atomic E-state index is 12.4. The molecule has 7 heteroatoms. The Morgan fingerprint density at radius 3 is 2.96 bits per heavy atom. The van der Waals surface area contributed by atoms with Crippen LogP contribution < -0.4 is 10.1 Å². The standard InChI is InChI=1S/C19H18N4O3/c1-11(2)19-22-17(23-26-19)9-21-18(24)12-3-4-15-14-5-6-20-8-13(14)10-25-16(15)7-12/h3-8,11H,9-10H2,1-2H3,(H,21,24). The molecule has 2 aromatic heterocycles. The van der Waals surface area contributed by atoms with Crippen LogP contribution in [0.2, 0.25) is 0 Å². The van der Waals surface area contributed by atoms with Crippen molar-refractivity contribution in [1.82, 2.24) is 20.4 Å². The van der Waals surface area contributed by atoms with E-state index in [0.29, 0.717) is 29.6 Å². The van der Waals surface area contributed by atoms with Gasteiger partial charge in [-0.05, 0) is 29.8 Å². The van der Waals surface area contributed by atoms with E-state index >= 15 is 0 Å². The maximum atomic E-state index is 12.4. The Kier molecular flexibility index (Phi) is 4.12. The van der Waals surface area contributed by atoms with E-state index in [-0.39, 0.29) is 18.4 Å². The predicted octanol–water partition coefficient (Wildman–Crippen LogP) is 3.08. The van der Waals surface area contributed by atoms with Crippen molar-refractivity contribution in [3.63, 3.8) is 0 Å². The van der Waals surface area contributed by atoms with Gasteiger partial charge in [-0.1, -0.05) is 19.0 Å². The predicted molar refractivity (Wildman–Crippen MR) is 93.6 cm³/mol. The highest BCUT2D eigenvalue weighted by molar-refractivity contribution is 5.95. The lowest BCUT2D eigenvalue weighted by Crippen LogP contribution is -2.23. The van der Waals surface area contributed by atoms with Gasteiger partial charge in [-0.2, -0.15) is 4.98 Å². The summed E-state index contributed by atoms with van der Waals surface area (Å²) < 4.78 is 10.9. The molecule has 0 radical (unpaired) electrons. The fourth-order valence-electron chi connectivity index (χ4n) is 2.80. The third-order valence-corrected chi connectivity index (χ3v) is 4.21. The molecule has 0 fully saturated rings. The van der Waals surface area contributed by atoms with Crippen LogP contribution in [0.4, 0.5) is 0 Å². The highest BCUT2D eigenvalue weighted by Gasteiger charge is 2.19. The number of carbonyl (C=O) groups is 1. The molecule has 1 amide bonds. The zero-order valence-electron chi connectivity index (χ0n) is 14.5. The summed E-state index contributed by atoms with van der Waals surface area (Å²) in [5, 5.41) is 6.67. The minimum atomic E-state index is -0.215. The summed E-state index contributed by atoms with van der Waals surface area (Å²) in [5.41, 5.74) is 3.61. The third-order valence-electron chi connectivity index (χ3n) is 4.21. The van der Waals surface area contributed by atoms with Gasteiger partial charge in [-0.3, -0.25) is 9.78 Å². The van der Waals surface area contributed by atoms with Crippen LogP contribution in [0.3, 0.4) is 0 Å². The highest BCUT2D eigenvalue weighted by atomic mass is 16.5. The zero-order valence-corrected chi connectivity index (χ0v) is 14.5. The van der Waals surface area contributed by atoms with Crippen molar-refractivity contribution >= 4 is 5.91 Å². The van der Waals surface area contributed by atoms with E-state index in [9.17, 15) is 4.79 Å². The Balaban J connectivity index is 1.49. The van der Waals surface area contributed by atoms with Gasteiger partial charge >= 0.3 is 0 Å². The second-order valence-electron chi connectivity index (χ2n) is 6.42. The number of amides is 1. The molecule has 0 atom stereocenters. The zero-order chi connectivity index (χ0) is 18.1. The molecule has 7 nitrogen and oxygen atoms in total. The van der Waals surface area contributed by atoms with E-state index in [4.69, 9.17) is 9.26 Å². The van der Waals surface area contributed by atoms with Crippen molar-refractivity contribution < 1.29 is 14.1 Å². The topological polar surface area (TPSA) is 90.1 Å². The summed E-state index contributed by atoms with van der Waals surface area (Å²) >= 11 is 0. The molecule has 1 N–H and O–H groups in total. The number of nitrogens with zero attached hydrogens (tertiary/aromatic N) is 3. The minimum Gasteiger partial charge on any atom is -0.488 e. The number of fused-ring (bicyclic) bond motifs is 3. The second-order valence-corrected chi connectivity index (χ2v) is 6.42. The number of nitrogens with one attached hydrogen (secondary N) is 1. The molecule has 4 rings (SSSR count). The molecule has 0 spiro atoms. The number of pyridine rings is 1. The molecule has 1 aliphatic heterocycles. The summed E-state index contributed by atoms with van der Waals surface area (Å²) in [6.45, 7) is 4.60. The molecule has 0 aliphatic carbocycles. The summed E-state index contributed by atoms with van der Waals surface area (Å²) in [4.78, 5) is 20.8. The van der Waals surface area contributed by atoms with Crippen LogP contribution in [0.1, 0.15) is 47.4 Å². The Bertz CT molecular complexity index is 965. The van der Waals surface area contributed by atoms with Crippen LogP contribution in [-0.2, 0) is 13.2 Å². The molecule has 26 heavy (non-hydrogen) atoms. The summed E-state index contributed by atoms with van der Waals surface area (Å²) in [5.74, 6) is 1.65. The van der Waals surface area contributed by atoms with Gasteiger partial charge in [0.25, 0.3) is 5.91 Å². The van der Waals surface area contributed by atoms with Gasteiger partial charge in [-0.15, -0.1) is 0 Å². The van der Waals surface area contributed by atoms with Crippen molar-refractivity contribution in [3.8, 4) is 16.9 Å². The molecular weight excluding hydrogens is 332 g/mol. The number of carbonyl (C=O) groups excluding carboxylic acids is 1. The smallest absolute Gasteiger partial charge is 0.251 e. The van der Waals surface area contributed by atoms with Crippen LogP contribution in [-0.4, -0.2) is 21.0 Å². The van der Waals surface area contributed by atoms with E-state index in [2.05, 4.69) is 20.4 Å². The van der Waals surface area contributed by atoms with Crippen molar-refractivity contribution in [2.24, 2.45) is 0 Å². The molecule has 0 bridgehead atoms. The number of ether oxygens (including phenoxy) is 1. The van der Waals surface area contributed by atoms with E-state index in [1.807, 2.05) is 26.0 Å². The largest absolute Gasteiger partial charge is 0.488 e. The first-order valence-corrected chi connectivity index (χ1v) is 8.42. The monoisotopic (exact) mass is 350 g/mol. The average molecular weight is 350 g/mol. The van der Waals surface area contributed by atoms with Crippen molar-refractivity contribution in [1.29, 1.82) is 0 Å². The summed E-state index contributed by atoms with van der Waals surface area (Å²) in [6, 6.07) is 7.39. The van der Waals surface area contributed by atoms with Gasteiger partial charge < -0.3 is 14.6 Å². The minimum absolute atomic E-state index is 0.155. The Labute approximate surface area is 150 Å². The van der Waals surface area contributed by atoms with E-state index in [1.165, 1.54) is 0 Å². The summed E-state index contributed by atoms with van der Waals surface area (Å²) in [7, 11) is 0. The third kappa shape index (κ3) is 3.03. The van der Waals surface area contributed by atoms with Gasteiger partial charge in [0.1, 0.15) is 12.4 Å². The number of rotatable bonds is 4. The lowest BCUT2D eigenvalue weighted by molar-refractivity contribution is 0.0949. The van der Waals surface area contributed by atoms with Crippen LogP contribution >= 0.6 is 0 Å². The fraction of sp³-hybridized carbons (Fsp3) is 0.263. The quantitative estimate of drug-likeness (QED) is 0.778.